The van der Waals surface area contributed by atoms with Gasteiger partial charge in [0.1, 0.15) is 5.75 Å². The number of aliphatic hydroxyl groups excluding tert-OH is 1. The van der Waals surface area contributed by atoms with E-state index in [1.165, 1.54) is 6.07 Å². The Morgan fingerprint density at radius 1 is 1.44 bits per heavy atom. The molecule has 2 nitrogen and oxygen atoms in total. The lowest BCUT2D eigenvalue weighted by Gasteiger charge is -2.14. The molecule has 1 aromatic rings. The fraction of sp³-hybridized carbons (Fsp3) is 0.400. The van der Waals surface area contributed by atoms with Crippen LogP contribution in [-0.2, 0) is 6.18 Å². The molecule has 0 heterocycles. The molecule has 1 aromatic carbocycles. The highest BCUT2D eigenvalue weighted by molar-refractivity contribution is 6.18. The Hall–Kier alpha value is -0.940. The van der Waals surface area contributed by atoms with Crippen molar-refractivity contribution in [3.63, 3.8) is 0 Å². The highest BCUT2D eigenvalue weighted by Crippen LogP contribution is 2.37. The smallest absolute Gasteiger partial charge is 0.419 e. The highest BCUT2D eigenvalue weighted by atomic mass is 35.5. The van der Waals surface area contributed by atoms with Crippen LogP contribution in [0.5, 0.6) is 5.75 Å². The minimum atomic E-state index is -4.48. The summed E-state index contributed by atoms with van der Waals surface area (Å²) in [4.78, 5) is 0. The quantitative estimate of drug-likeness (QED) is 0.841. The van der Waals surface area contributed by atoms with Crippen molar-refractivity contribution in [1.29, 1.82) is 0 Å². The van der Waals surface area contributed by atoms with E-state index < -0.39 is 17.8 Å². The minimum absolute atomic E-state index is 0.0888. The summed E-state index contributed by atoms with van der Waals surface area (Å²) in [5.74, 6) is -0.414. The largest absolute Gasteiger partial charge is 0.496 e. The van der Waals surface area contributed by atoms with E-state index in [1.807, 2.05) is 0 Å². The Bertz CT molecular complexity index is 366. The molecule has 90 valence electrons. The minimum Gasteiger partial charge on any atom is -0.496 e. The van der Waals surface area contributed by atoms with Crippen molar-refractivity contribution in [2.45, 2.75) is 12.3 Å². The van der Waals surface area contributed by atoms with Crippen LogP contribution in [-0.4, -0.2) is 18.1 Å². The molecule has 0 radical (unpaired) electrons. The molecule has 0 amide bonds. The Morgan fingerprint density at radius 3 is 2.50 bits per heavy atom. The van der Waals surface area contributed by atoms with E-state index in [2.05, 4.69) is 4.74 Å². The van der Waals surface area contributed by atoms with Crippen molar-refractivity contribution < 1.29 is 23.0 Å². The van der Waals surface area contributed by atoms with E-state index in [9.17, 15) is 18.3 Å². The Balaban J connectivity index is 3.17. The summed E-state index contributed by atoms with van der Waals surface area (Å²) in [5.41, 5.74) is -0.583. The molecule has 0 aliphatic heterocycles. The Labute approximate surface area is 95.6 Å². The van der Waals surface area contributed by atoms with Crippen LogP contribution in [0.4, 0.5) is 13.2 Å². The van der Waals surface area contributed by atoms with Gasteiger partial charge in [-0.05, 0) is 17.7 Å². The zero-order valence-corrected chi connectivity index (χ0v) is 9.14. The summed E-state index contributed by atoms with van der Waals surface area (Å²) >= 11 is 5.40. The SMILES string of the molecule is COc1cc(C(O)CCl)ccc1C(F)(F)F. The van der Waals surface area contributed by atoms with Crippen LogP contribution in [0, 0.1) is 0 Å². The molecular formula is C10H10ClF3O2. The average Bonchev–Trinajstić information content (AvgIpc) is 2.25. The lowest BCUT2D eigenvalue weighted by Crippen LogP contribution is -2.09. The lowest BCUT2D eigenvalue weighted by molar-refractivity contribution is -0.138. The van der Waals surface area contributed by atoms with Crippen molar-refractivity contribution in [1.82, 2.24) is 0 Å². The lowest BCUT2D eigenvalue weighted by atomic mass is 10.1. The van der Waals surface area contributed by atoms with E-state index >= 15 is 0 Å². The fourth-order valence-corrected chi connectivity index (χ4v) is 1.42. The van der Waals surface area contributed by atoms with E-state index in [1.54, 1.807) is 0 Å². The normalized spacial score (nSPS) is 13.6. The predicted octanol–water partition coefficient (Wildman–Crippen LogP) is 2.99. The molecule has 0 spiro atoms. The third-order valence-corrected chi connectivity index (χ3v) is 2.35. The predicted molar refractivity (Wildman–Crippen MR) is 53.7 cm³/mol. The third kappa shape index (κ3) is 2.80. The van der Waals surface area contributed by atoms with Gasteiger partial charge in [0.15, 0.2) is 0 Å². The van der Waals surface area contributed by atoms with Crippen LogP contribution < -0.4 is 4.74 Å². The summed E-state index contributed by atoms with van der Waals surface area (Å²) in [7, 11) is 1.14. The van der Waals surface area contributed by atoms with Crippen LogP contribution in [0.15, 0.2) is 18.2 Å². The molecule has 0 fully saturated rings. The number of ether oxygens (including phenoxy) is 1. The number of hydrogen-bond acceptors (Lipinski definition) is 2. The van der Waals surface area contributed by atoms with E-state index in [-0.39, 0.29) is 11.6 Å². The van der Waals surface area contributed by atoms with E-state index in [4.69, 9.17) is 11.6 Å². The maximum atomic E-state index is 12.5. The Kier molecular flexibility index (Phi) is 4.04. The number of halogens is 4. The van der Waals surface area contributed by atoms with Gasteiger partial charge in [-0.2, -0.15) is 13.2 Å². The molecule has 1 rings (SSSR count). The molecule has 6 heteroatoms. The van der Waals surface area contributed by atoms with Crippen molar-refractivity contribution in [2.75, 3.05) is 13.0 Å². The van der Waals surface area contributed by atoms with Gasteiger partial charge in [-0.1, -0.05) is 6.07 Å². The fourth-order valence-electron chi connectivity index (χ4n) is 1.24. The molecule has 1 N–H and O–H groups in total. The first-order valence-corrected chi connectivity index (χ1v) is 4.92. The second-order valence-electron chi connectivity index (χ2n) is 3.13. The maximum absolute atomic E-state index is 12.5. The Morgan fingerprint density at radius 2 is 2.06 bits per heavy atom. The number of hydrogen-bond donors (Lipinski definition) is 1. The molecule has 0 aliphatic carbocycles. The molecular weight excluding hydrogens is 245 g/mol. The average molecular weight is 255 g/mol. The molecule has 16 heavy (non-hydrogen) atoms. The van der Waals surface area contributed by atoms with Crippen LogP contribution in [0.3, 0.4) is 0 Å². The van der Waals surface area contributed by atoms with Crippen molar-refractivity contribution in [2.24, 2.45) is 0 Å². The van der Waals surface area contributed by atoms with Gasteiger partial charge in [0.05, 0.1) is 24.7 Å². The zero-order valence-electron chi connectivity index (χ0n) is 8.38. The van der Waals surface area contributed by atoms with Gasteiger partial charge in [0, 0.05) is 0 Å². The number of methoxy groups -OCH3 is 1. The van der Waals surface area contributed by atoms with E-state index in [0.29, 0.717) is 5.56 Å². The van der Waals surface area contributed by atoms with Crippen molar-refractivity contribution in [3.05, 3.63) is 29.3 Å². The van der Waals surface area contributed by atoms with Crippen molar-refractivity contribution >= 4 is 11.6 Å². The van der Waals surface area contributed by atoms with Crippen LogP contribution in [0.2, 0.25) is 0 Å². The van der Waals surface area contributed by atoms with Gasteiger partial charge < -0.3 is 9.84 Å². The molecule has 0 aromatic heterocycles. The van der Waals surface area contributed by atoms with Crippen LogP contribution >= 0.6 is 11.6 Å². The van der Waals surface area contributed by atoms with Gasteiger partial charge in [0.25, 0.3) is 0 Å². The maximum Gasteiger partial charge on any atom is 0.419 e. The van der Waals surface area contributed by atoms with Gasteiger partial charge in [0.2, 0.25) is 0 Å². The summed E-state index contributed by atoms with van der Waals surface area (Å²) in [5, 5.41) is 9.37. The number of aliphatic hydroxyl groups is 1. The van der Waals surface area contributed by atoms with Gasteiger partial charge >= 0.3 is 6.18 Å². The first-order valence-electron chi connectivity index (χ1n) is 4.39. The van der Waals surface area contributed by atoms with Gasteiger partial charge in [-0.15, -0.1) is 11.6 Å². The molecule has 0 saturated carbocycles. The van der Waals surface area contributed by atoms with Gasteiger partial charge in [-0.25, -0.2) is 0 Å². The first-order chi connectivity index (χ1) is 7.40. The van der Waals surface area contributed by atoms with Crippen molar-refractivity contribution in [3.8, 4) is 5.75 Å². The zero-order chi connectivity index (χ0) is 12.3. The second-order valence-corrected chi connectivity index (χ2v) is 3.44. The molecule has 0 aliphatic rings. The molecule has 1 atom stereocenters. The summed E-state index contributed by atoms with van der Waals surface area (Å²) in [6.07, 6.45) is -5.48. The number of benzene rings is 1. The number of alkyl halides is 4. The number of rotatable bonds is 3. The molecule has 0 saturated heterocycles. The molecule has 0 bridgehead atoms. The molecule has 1 unspecified atom stereocenters. The standard InChI is InChI=1S/C10H10ClF3O2/c1-16-9-4-6(8(15)5-11)2-3-7(9)10(12,13)14/h2-4,8,15H,5H2,1H3. The highest BCUT2D eigenvalue weighted by Gasteiger charge is 2.34. The van der Waals surface area contributed by atoms with Gasteiger partial charge in [-0.3, -0.25) is 0 Å². The summed E-state index contributed by atoms with van der Waals surface area (Å²) in [6.45, 7) is 0. The summed E-state index contributed by atoms with van der Waals surface area (Å²) in [6, 6.07) is 3.18. The van der Waals surface area contributed by atoms with Crippen LogP contribution in [0.1, 0.15) is 17.2 Å². The second kappa shape index (κ2) is 4.93. The topological polar surface area (TPSA) is 29.5 Å². The first kappa shape index (κ1) is 13.1. The van der Waals surface area contributed by atoms with E-state index in [0.717, 1.165) is 19.2 Å². The summed E-state index contributed by atoms with van der Waals surface area (Å²) < 4.78 is 42.1. The third-order valence-electron chi connectivity index (χ3n) is 2.06. The van der Waals surface area contributed by atoms with Crippen LogP contribution in [0.25, 0.3) is 0 Å². The monoisotopic (exact) mass is 254 g/mol.